The van der Waals surface area contributed by atoms with Crippen LogP contribution in [-0.4, -0.2) is 42.3 Å². The van der Waals surface area contributed by atoms with Crippen LogP contribution in [0.2, 0.25) is 0 Å². The van der Waals surface area contributed by atoms with Gasteiger partial charge < -0.3 is 10.5 Å². The van der Waals surface area contributed by atoms with Gasteiger partial charge in [-0.3, -0.25) is 4.90 Å². The Hall–Kier alpha value is -0.120. The average Bonchev–Trinajstić information content (AvgIpc) is 2.24. The highest BCUT2D eigenvalue weighted by molar-refractivity contribution is 4.94. The molecule has 0 bridgehead atoms. The van der Waals surface area contributed by atoms with Gasteiger partial charge in [0.1, 0.15) is 0 Å². The summed E-state index contributed by atoms with van der Waals surface area (Å²) in [4.78, 5) is 2.56. The van der Waals surface area contributed by atoms with Crippen molar-refractivity contribution in [3.8, 4) is 0 Å². The lowest BCUT2D eigenvalue weighted by Gasteiger charge is -2.49. The normalized spacial score (nSPS) is 25.3. The summed E-state index contributed by atoms with van der Waals surface area (Å²) in [5.41, 5.74) is 6.21. The zero-order valence-corrected chi connectivity index (χ0v) is 11.4. The summed E-state index contributed by atoms with van der Waals surface area (Å²) >= 11 is 0. The maximum absolute atomic E-state index is 6.04. The average molecular weight is 228 g/mol. The van der Waals surface area contributed by atoms with Gasteiger partial charge in [-0.2, -0.15) is 0 Å². The first-order chi connectivity index (χ1) is 7.49. The van der Waals surface area contributed by atoms with Gasteiger partial charge in [0.25, 0.3) is 0 Å². The fourth-order valence-corrected chi connectivity index (χ4v) is 2.82. The van der Waals surface area contributed by atoms with E-state index in [0.717, 1.165) is 32.7 Å². The molecule has 0 aromatic rings. The van der Waals surface area contributed by atoms with E-state index >= 15 is 0 Å². The van der Waals surface area contributed by atoms with Crippen LogP contribution in [0, 0.1) is 0 Å². The lowest BCUT2D eigenvalue weighted by atomic mass is 9.86. The van der Waals surface area contributed by atoms with Crippen LogP contribution in [0.5, 0.6) is 0 Å². The van der Waals surface area contributed by atoms with Gasteiger partial charge in [-0.1, -0.05) is 20.3 Å². The molecular weight excluding hydrogens is 200 g/mol. The summed E-state index contributed by atoms with van der Waals surface area (Å²) in [5, 5.41) is 0. The molecule has 0 aliphatic carbocycles. The van der Waals surface area contributed by atoms with Gasteiger partial charge in [0, 0.05) is 25.2 Å². The molecule has 0 amide bonds. The van der Waals surface area contributed by atoms with E-state index in [0.29, 0.717) is 0 Å². The Morgan fingerprint density at radius 3 is 2.50 bits per heavy atom. The first-order valence-corrected chi connectivity index (χ1v) is 6.59. The second-order valence-electron chi connectivity index (χ2n) is 5.56. The van der Waals surface area contributed by atoms with Crippen LogP contribution >= 0.6 is 0 Å². The zero-order valence-electron chi connectivity index (χ0n) is 11.4. The molecule has 1 unspecified atom stereocenters. The molecule has 1 aliphatic heterocycles. The van der Waals surface area contributed by atoms with E-state index in [2.05, 4.69) is 32.6 Å². The summed E-state index contributed by atoms with van der Waals surface area (Å²) in [7, 11) is 0. The van der Waals surface area contributed by atoms with Gasteiger partial charge in [0.05, 0.1) is 12.2 Å². The predicted molar refractivity (Wildman–Crippen MR) is 68.6 cm³/mol. The van der Waals surface area contributed by atoms with Crippen LogP contribution in [0.25, 0.3) is 0 Å². The highest BCUT2D eigenvalue weighted by Gasteiger charge is 2.38. The largest absolute Gasteiger partial charge is 0.373 e. The molecule has 0 aromatic carbocycles. The van der Waals surface area contributed by atoms with Crippen molar-refractivity contribution >= 4 is 0 Å². The summed E-state index contributed by atoms with van der Waals surface area (Å²) in [6.45, 7) is 12.4. The second-order valence-corrected chi connectivity index (χ2v) is 5.56. The number of nitrogens with two attached hydrogens (primary N) is 1. The fourth-order valence-electron chi connectivity index (χ4n) is 2.82. The molecular formula is C13H28N2O. The Kier molecular flexibility index (Phi) is 4.77. The molecule has 0 spiro atoms. The van der Waals surface area contributed by atoms with E-state index in [4.69, 9.17) is 10.5 Å². The zero-order chi connectivity index (χ0) is 12.2. The van der Waals surface area contributed by atoms with Crippen molar-refractivity contribution in [1.29, 1.82) is 0 Å². The molecule has 0 radical (unpaired) electrons. The quantitative estimate of drug-likeness (QED) is 0.782. The monoisotopic (exact) mass is 228 g/mol. The van der Waals surface area contributed by atoms with E-state index < -0.39 is 0 Å². The highest BCUT2D eigenvalue weighted by atomic mass is 16.5. The van der Waals surface area contributed by atoms with E-state index in [1.165, 1.54) is 12.8 Å². The van der Waals surface area contributed by atoms with Crippen LogP contribution in [0.15, 0.2) is 0 Å². The minimum Gasteiger partial charge on any atom is -0.373 e. The highest BCUT2D eigenvalue weighted by Crippen LogP contribution is 2.29. The molecule has 2 N–H and O–H groups in total. The van der Waals surface area contributed by atoms with Gasteiger partial charge in [-0.25, -0.2) is 0 Å². The van der Waals surface area contributed by atoms with Gasteiger partial charge in [0.15, 0.2) is 0 Å². The molecule has 1 atom stereocenters. The maximum Gasteiger partial charge on any atom is 0.0753 e. The van der Waals surface area contributed by atoms with E-state index in [1.807, 2.05) is 0 Å². The number of nitrogens with zero attached hydrogens (tertiary/aromatic N) is 1. The minimum absolute atomic E-state index is 0.0262. The van der Waals surface area contributed by atoms with Crippen LogP contribution in [0.4, 0.5) is 0 Å². The number of hydrogen-bond donors (Lipinski definition) is 1. The third kappa shape index (κ3) is 2.96. The number of ether oxygens (including phenoxy) is 1. The first-order valence-electron chi connectivity index (χ1n) is 6.59. The van der Waals surface area contributed by atoms with Crippen LogP contribution in [-0.2, 0) is 4.74 Å². The first kappa shape index (κ1) is 13.9. The van der Waals surface area contributed by atoms with Crippen molar-refractivity contribution < 1.29 is 4.74 Å². The molecule has 0 aromatic heterocycles. The maximum atomic E-state index is 6.04. The van der Waals surface area contributed by atoms with Crippen molar-refractivity contribution in [2.24, 2.45) is 5.73 Å². The van der Waals surface area contributed by atoms with Gasteiger partial charge in [-0.05, 0) is 26.7 Å². The van der Waals surface area contributed by atoms with Crippen molar-refractivity contribution in [2.75, 3.05) is 26.2 Å². The molecule has 1 fully saturated rings. The summed E-state index contributed by atoms with van der Waals surface area (Å²) < 4.78 is 5.78. The van der Waals surface area contributed by atoms with Gasteiger partial charge in [0.2, 0.25) is 0 Å². The van der Waals surface area contributed by atoms with E-state index in [-0.39, 0.29) is 11.1 Å². The third-order valence-electron chi connectivity index (χ3n) is 3.85. The van der Waals surface area contributed by atoms with E-state index in [1.54, 1.807) is 0 Å². The lowest BCUT2D eigenvalue weighted by molar-refractivity contribution is -0.117. The Bertz CT molecular complexity index is 212. The molecule has 1 rings (SSSR count). The third-order valence-corrected chi connectivity index (χ3v) is 3.85. The minimum atomic E-state index is -0.0262. The summed E-state index contributed by atoms with van der Waals surface area (Å²) in [6, 6.07) is 0. The number of hydrogen-bond acceptors (Lipinski definition) is 3. The standard InChI is InChI=1S/C13H28N2O/c1-5-7-13(6-2,10-14)15-8-9-16-12(3,4)11-15/h5-11,14H2,1-4H3. The Morgan fingerprint density at radius 2 is 2.06 bits per heavy atom. The lowest BCUT2D eigenvalue weighted by Crippen LogP contribution is -2.61. The topological polar surface area (TPSA) is 38.5 Å². The van der Waals surface area contributed by atoms with Crippen molar-refractivity contribution in [2.45, 2.75) is 58.1 Å². The molecule has 1 saturated heterocycles. The second kappa shape index (κ2) is 5.48. The Labute approximate surface area is 100 Å². The molecule has 3 heteroatoms. The Morgan fingerprint density at radius 1 is 1.38 bits per heavy atom. The van der Waals surface area contributed by atoms with Gasteiger partial charge >= 0.3 is 0 Å². The van der Waals surface area contributed by atoms with Crippen LogP contribution < -0.4 is 5.73 Å². The molecule has 0 saturated carbocycles. The van der Waals surface area contributed by atoms with Crippen LogP contribution in [0.3, 0.4) is 0 Å². The summed E-state index contributed by atoms with van der Waals surface area (Å²) in [6.07, 6.45) is 3.52. The smallest absolute Gasteiger partial charge is 0.0753 e. The van der Waals surface area contributed by atoms with Crippen molar-refractivity contribution in [3.05, 3.63) is 0 Å². The number of morpholine rings is 1. The van der Waals surface area contributed by atoms with Crippen LogP contribution in [0.1, 0.15) is 47.0 Å². The SMILES string of the molecule is CCCC(CC)(CN)N1CCOC(C)(C)C1. The molecule has 3 nitrogen and oxygen atoms in total. The fraction of sp³-hybridized carbons (Fsp3) is 1.00. The van der Waals surface area contributed by atoms with Gasteiger partial charge in [-0.15, -0.1) is 0 Å². The van der Waals surface area contributed by atoms with E-state index in [9.17, 15) is 0 Å². The summed E-state index contributed by atoms with van der Waals surface area (Å²) in [5.74, 6) is 0. The molecule has 1 heterocycles. The van der Waals surface area contributed by atoms with Crippen molar-refractivity contribution in [1.82, 2.24) is 4.90 Å². The number of rotatable bonds is 5. The Balaban J connectivity index is 2.77. The molecule has 16 heavy (non-hydrogen) atoms. The molecule has 96 valence electrons. The molecule has 1 aliphatic rings. The van der Waals surface area contributed by atoms with Crippen molar-refractivity contribution in [3.63, 3.8) is 0 Å². The predicted octanol–water partition coefficient (Wildman–Crippen LogP) is 2.00.